The second-order valence-electron chi connectivity index (χ2n) is 6.66. The molecule has 2 N–H and O–H groups in total. The van der Waals surface area contributed by atoms with E-state index >= 15 is 0 Å². The predicted octanol–water partition coefficient (Wildman–Crippen LogP) is 0.977. The number of rotatable bonds is 5. The van der Waals surface area contributed by atoms with E-state index in [0.29, 0.717) is 31.0 Å². The highest BCUT2D eigenvalue weighted by atomic mass is 16.4. The summed E-state index contributed by atoms with van der Waals surface area (Å²) in [6.45, 7) is 2.83. The maximum Gasteiger partial charge on any atom is 0.317 e. The van der Waals surface area contributed by atoms with E-state index in [2.05, 4.69) is 5.32 Å². The smallest absolute Gasteiger partial charge is 0.317 e. The zero-order chi connectivity index (χ0) is 14.8. The van der Waals surface area contributed by atoms with Crippen LogP contribution in [0.25, 0.3) is 0 Å². The highest BCUT2D eigenvalue weighted by molar-refractivity contribution is 5.74. The lowest BCUT2D eigenvalue weighted by atomic mass is 10.1. The Morgan fingerprint density at radius 3 is 2.29 bits per heavy atom. The Morgan fingerprint density at radius 2 is 1.71 bits per heavy atom. The van der Waals surface area contributed by atoms with E-state index < -0.39 is 5.97 Å². The van der Waals surface area contributed by atoms with E-state index in [-0.39, 0.29) is 12.6 Å². The van der Waals surface area contributed by atoms with Gasteiger partial charge in [0.1, 0.15) is 0 Å². The molecule has 2 amide bonds. The summed E-state index contributed by atoms with van der Waals surface area (Å²) < 4.78 is 0. The Morgan fingerprint density at radius 1 is 1.05 bits per heavy atom. The van der Waals surface area contributed by atoms with Gasteiger partial charge in [-0.1, -0.05) is 0 Å². The fourth-order valence-electron chi connectivity index (χ4n) is 3.29. The summed E-state index contributed by atoms with van der Waals surface area (Å²) in [4.78, 5) is 27.0. The first kappa shape index (κ1) is 14.6. The normalized spacial score (nSPS) is 24.0. The molecule has 6 heteroatoms. The van der Waals surface area contributed by atoms with Crippen molar-refractivity contribution in [3.05, 3.63) is 0 Å². The number of carboxylic acids is 1. The maximum atomic E-state index is 12.4. The van der Waals surface area contributed by atoms with Gasteiger partial charge in [0.25, 0.3) is 0 Å². The first-order valence-electron chi connectivity index (χ1n) is 8.13. The van der Waals surface area contributed by atoms with Crippen molar-refractivity contribution >= 4 is 12.0 Å². The number of carbonyl (C=O) groups excluding carboxylic acids is 1. The fourth-order valence-corrected chi connectivity index (χ4v) is 3.29. The minimum Gasteiger partial charge on any atom is -0.480 e. The molecule has 0 aromatic heterocycles. The molecule has 3 rings (SSSR count). The SMILES string of the molecule is O=C(O)CN1CCCN(C(=O)NC(C2CC2)C2CC2)CC1. The highest BCUT2D eigenvalue weighted by Gasteiger charge is 2.42. The molecular formula is C15H25N3O3. The van der Waals surface area contributed by atoms with Crippen LogP contribution in [0.1, 0.15) is 32.1 Å². The lowest BCUT2D eigenvalue weighted by Crippen LogP contribution is -2.47. The zero-order valence-electron chi connectivity index (χ0n) is 12.5. The molecule has 0 radical (unpaired) electrons. The molecule has 21 heavy (non-hydrogen) atoms. The van der Waals surface area contributed by atoms with Gasteiger partial charge in [0.15, 0.2) is 0 Å². The van der Waals surface area contributed by atoms with Crippen LogP contribution in [0.15, 0.2) is 0 Å². The van der Waals surface area contributed by atoms with Gasteiger partial charge < -0.3 is 15.3 Å². The van der Waals surface area contributed by atoms with Crippen LogP contribution in [0.2, 0.25) is 0 Å². The zero-order valence-corrected chi connectivity index (χ0v) is 12.5. The van der Waals surface area contributed by atoms with Crippen LogP contribution in [0, 0.1) is 11.8 Å². The molecule has 0 bridgehead atoms. The summed E-state index contributed by atoms with van der Waals surface area (Å²) in [5.74, 6) is 0.615. The number of amides is 2. The van der Waals surface area contributed by atoms with Crippen molar-refractivity contribution in [2.45, 2.75) is 38.1 Å². The first-order valence-corrected chi connectivity index (χ1v) is 8.13. The maximum absolute atomic E-state index is 12.4. The summed E-state index contributed by atoms with van der Waals surface area (Å²) in [5.41, 5.74) is 0. The van der Waals surface area contributed by atoms with Crippen molar-refractivity contribution in [3.63, 3.8) is 0 Å². The molecule has 0 aromatic rings. The van der Waals surface area contributed by atoms with Crippen molar-refractivity contribution in [2.75, 3.05) is 32.7 Å². The average molecular weight is 295 g/mol. The monoisotopic (exact) mass is 295 g/mol. The number of carboxylic acid groups (broad SMARTS) is 1. The molecule has 0 spiro atoms. The quantitative estimate of drug-likeness (QED) is 0.793. The number of hydrogen-bond donors (Lipinski definition) is 2. The number of hydrogen-bond acceptors (Lipinski definition) is 3. The summed E-state index contributed by atoms with van der Waals surface area (Å²) in [5, 5.41) is 12.1. The summed E-state index contributed by atoms with van der Waals surface area (Å²) in [6.07, 6.45) is 5.88. The number of nitrogens with one attached hydrogen (secondary N) is 1. The molecule has 118 valence electrons. The molecule has 1 aliphatic heterocycles. The number of aliphatic carboxylic acids is 1. The Balaban J connectivity index is 1.49. The first-order chi connectivity index (χ1) is 10.1. The number of nitrogens with zero attached hydrogens (tertiary/aromatic N) is 2. The molecule has 6 nitrogen and oxygen atoms in total. The lowest BCUT2D eigenvalue weighted by Gasteiger charge is -2.25. The minimum atomic E-state index is -0.796. The fraction of sp³-hybridized carbons (Fsp3) is 0.867. The van der Waals surface area contributed by atoms with Crippen molar-refractivity contribution in [1.29, 1.82) is 0 Å². The summed E-state index contributed by atoms with van der Waals surface area (Å²) in [7, 11) is 0. The molecule has 3 aliphatic rings. The Kier molecular flexibility index (Phi) is 4.33. The van der Waals surface area contributed by atoms with Gasteiger partial charge in [-0.2, -0.15) is 0 Å². The van der Waals surface area contributed by atoms with Crippen LogP contribution in [0.4, 0.5) is 4.79 Å². The van der Waals surface area contributed by atoms with E-state index in [0.717, 1.165) is 19.5 Å². The van der Waals surface area contributed by atoms with Crippen molar-refractivity contribution in [3.8, 4) is 0 Å². The molecule has 0 atom stereocenters. The van der Waals surface area contributed by atoms with Gasteiger partial charge in [0.05, 0.1) is 6.54 Å². The third kappa shape index (κ3) is 4.09. The van der Waals surface area contributed by atoms with Crippen molar-refractivity contribution < 1.29 is 14.7 Å². The van der Waals surface area contributed by atoms with E-state index in [1.165, 1.54) is 25.7 Å². The molecule has 1 heterocycles. The van der Waals surface area contributed by atoms with E-state index in [9.17, 15) is 9.59 Å². The van der Waals surface area contributed by atoms with E-state index in [1.807, 2.05) is 9.80 Å². The third-order valence-electron chi connectivity index (χ3n) is 4.78. The molecular weight excluding hydrogens is 270 g/mol. The number of urea groups is 1. The van der Waals surface area contributed by atoms with Gasteiger partial charge in [-0.25, -0.2) is 4.79 Å². The Labute approximate surface area is 125 Å². The predicted molar refractivity (Wildman–Crippen MR) is 78.0 cm³/mol. The second kappa shape index (κ2) is 6.22. The number of carbonyl (C=O) groups is 2. The van der Waals surface area contributed by atoms with Gasteiger partial charge in [-0.15, -0.1) is 0 Å². The molecule has 0 unspecified atom stereocenters. The van der Waals surface area contributed by atoms with Crippen LogP contribution in [0.3, 0.4) is 0 Å². The van der Waals surface area contributed by atoms with Gasteiger partial charge in [0, 0.05) is 32.2 Å². The van der Waals surface area contributed by atoms with Gasteiger partial charge in [-0.3, -0.25) is 9.69 Å². The highest BCUT2D eigenvalue weighted by Crippen LogP contribution is 2.44. The van der Waals surface area contributed by atoms with Crippen LogP contribution in [-0.4, -0.2) is 65.7 Å². The van der Waals surface area contributed by atoms with Gasteiger partial charge in [0.2, 0.25) is 0 Å². The third-order valence-corrected chi connectivity index (χ3v) is 4.78. The lowest BCUT2D eigenvalue weighted by molar-refractivity contribution is -0.138. The second-order valence-corrected chi connectivity index (χ2v) is 6.66. The Bertz CT molecular complexity index is 395. The van der Waals surface area contributed by atoms with Crippen LogP contribution in [-0.2, 0) is 4.79 Å². The van der Waals surface area contributed by atoms with Gasteiger partial charge >= 0.3 is 12.0 Å². The van der Waals surface area contributed by atoms with Crippen LogP contribution < -0.4 is 5.32 Å². The van der Waals surface area contributed by atoms with Gasteiger partial charge in [-0.05, 0) is 43.9 Å². The standard InChI is InChI=1S/C15H25N3O3/c19-13(20)10-17-6-1-7-18(9-8-17)15(21)16-14(11-2-3-11)12-4-5-12/h11-12,14H,1-10H2,(H,16,21)(H,19,20). The topological polar surface area (TPSA) is 72.9 Å². The summed E-state index contributed by atoms with van der Waals surface area (Å²) >= 11 is 0. The van der Waals surface area contributed by atoms with Crippen molar-refractivity contribution in [2.24, 2.45) is 11.8 Å². The van der Waals surface area contributed by atoms with Crippen LogP contribution >= 0.6 is 0 Å². The molecule has 2 saturated carbocycles. The molecule has 1 saturated heterocycles. The largest absolute Gasteiger partial charge is 0.480 e. The van der Waals surface area contributed by atoms with Crippen LogP contribution in [0.5, 0.6) is 0 Å². The minimum absolute atomic E-state index is 0.0518. The summed E-state index contributed by atoms with van der Waals surface area (Å²) in [6, 6.07) is 0.437. The molecule has 3 fully saturated rings. The molecule has 2 aliphatic carbocycles. The molecule has 0 aromatic carbocycles. The van der Waals surface area contributed by atoms with E-state index in [4.69, 9.17) is 5.11 Å². The van der Waals surface area contributed by atoms with E-state index in [1.54, 1.807) is 0 Å². The Hall–Kier alpha value is -1.30. The van der Waals surface area contributed by atoms with Crippen molar-refractivity contribution in [1.82, 2.24) is 15.1 Å². The average Bonchev–Trinajstić information content (AvgIpc) is 3.30.